The van der Waals surface area contributed by atoms with Gasteiger partial charge in [-0.3, -0.25) is 4.79 Å². The van der Waals surface area contributed by atoms with Crippen molar-refractivity contribution in [3.8, 4) is 5.75 Å². The van der Waals surface area contributed by atoms with Gasteiger partial charge in [0.1, 0.15) is 11.6 Å². The van der Waals surface area contributed by atoms with Crippen molar-refractivity contribution in [1.82, 2.24) is 4.90 Å². The average molecular weight is 382 g/mol. The average Bonchev–Trinajstić information content (AvgIpc) is 2.66. The molecule has 2 aromatic carbocycles. The fourth-order valence-electron chi connectivity index (χ4n) is 2.90. The Bertz CT molecular complexity index is 802. The third-order valence-electron chi connectivity index (χ3n) is 4.35. The molecule has 4 nitrogen and oxygen atoms in total. The summed E-state index contributed by atoms with van der Waals surface area (Å²) in [5, 5.41) is 0. The summed E-state index contributed by atoms with van der Waals surface area (Å²) in [5.41, 5.74) is -0.337. The Kier molecular flexibility index (Phi) is 5.53. The quantitative estimate of drug-likeness (QED) is 0.758. The van der Waals surface area contributed by atoms with Crippen molar-refractivity contribution in [1.29, 1.82) is 0 Å². The van der Waals surface area contributed by atoms with Gasteiger partial charge in [0.25, 0.3) is 5.91 Å². The summed E-state index contributed by atoms with van der Waals surface area (Å²) >= 11 is 0. The molecule has 0 N–H and O–H groups in total. The summed E-state index contributed by atoms with van der Waals surface area (Å²) in [6, 6.07) is 10.8. The van der Waals surface area contributed by atoms with Gasteiger partial charge in [0.15, 0.2) is 6.61 Å². The molecule has 1 heterocycles. The molecule has 1 saturated heterocycles. The topological polar surface area (TPSA) is 32.8 Å². The Morgan fingerprint density at radius 1 is 1.00 bits per heavy atom. The molecule has 0 atom stereocenters. The number of hydrogen-bond acceptors (Lipinski definition) is 3. The number of rotatable bonds is 4. The lowest BCUT2D eigenvalue weighted by molar-refractivity contribution is -0.137. The minimum absolute atomic E-state index is 0.0110. The van der Waals surface area contributed by atoms with Gasteiger partial charge < -0.3 is 14.5 Å². The molecule has 1 fully saturated rings. The highest BCUT2D eigenvalue weighted by Crippen LogP contribution is 2.31. The van der Waals surface area contributed by atoms with Crippen LogP contribution in [0.4, 0.5) is 23.2 Å². The van der Waals surface area contributed by atoms with Crippen LogP contribution in [0.3, 0.4) is 0 Å². The molecule has 0 aromatic heterocycles. The third kappa shape index (κ3) is 4.69. The van der Waals surface area contributed by atoms with Gasteiger partial charge in [0.2, 0.25) is 0 Å². The molecule has 0 bridgehead atoms. The first-order chi connectivity index (χ1) is 12.8. The zero-order chi connectivity index (χ0) is 19.4. The van der Waals surface area contributed by atoms with Crippen molar-refractivity contribution >= 4 is 11.6 Å². The van der Waals surface area contributed by atoms with Gasteiger partial charge in [-0.15, -0.1) is 0 Å². The van der Waals surface area contributed by atoms with Crippen LogP contribution < -0.4 is 9.64 Å². The van der Waals surface area contributed by atoms with Crippen LogP contribution in [0.5, 0.6) is 5.75 Å². The highest BCUT2D eigenvalue weighted by Gasteiger charge is 2.30. The number of alkyl halides is 3. The number of carbonyl (C=O) groups is 1. The van der Waals surface area contributed by atoms with E-state index in [1.807, 2.05) is 4.90 Å². The summed E-state index contributed by atoms with van der Waals surface area (Å²) in [6.07, 6.45) is -4.47. The van der Waals surface area contributed by atoms with E-state index in [1.165, 1.54) is 18.2 Å². The van der Waals surface area contributed by atoms with Crippen LogP contribution in [0.15, 0.2) is 48.5 Å². The van der Waals surface area contributed by atoms with Crippen molar-refractivity contribution in [3.63, 3.8) is 0 Å². The third-order valence-corrected chi connectivity index (χ3v) is 4.35. The number of para-hydroxylation sites is 1. The first kappa shape index (κ1) is 19.0. The largest absolute Gasteiger partial charge is 0.484 e. The molecule has 0 radical (unpaired) electrons. The molecule has 8 heteroatoms. The zero-order valence-corrected chi connectivity index (χ0v) is 14.4. The second-order valence-electron chi connectivity index (χ2n) is 6.13. The van der Waals surface area contributed by atoms with Crippen molar-refractivity contribution < 1.29 is 27.1 Å². The Morgan fingerprint density at radius 3 is 2.37 bits per heavy atom. The molecule has 0 unspecified atom stereocenters. The van der Waals surface area contributed by atoms with Gasteiger partial charge >= 0.3 is 6.18 Å². The lowest BCUT2D eigenvalue weighted by Crippen LogP contribution is -2.50. The highest BCUT2D eigenvalue weighted by atomic mass is 19.4. The van der Waals surface area contributed by atoms with E-state index < -0.39 is 11.7 Å². The maximum atomic E-state index is 13.8. The van der Waals surface area contributed by atoms with Crippen LogP contribution in [-0.2, 0) is 11.0 Å². The van der Waals surface area contributed by atoms with Crippen LogP contribution in [0.25, 0.3) is 0 Å². The Balaban J connectivity index is 1.52. The van der Waals surface area contributed by atoms with E-state index in [0.29, 0.717) is 31.9 Å². The fourth-order valence-corrected chi connectivity index (χ4v) is 2.90. The van der Waals surface area contributed by atoms with Crippen LogP contribution in [0.2, 0.25) is 0 Å². The van der Waals surface area contributed by atoms with E-state index >= 15 is 0 Å². The van der Waals surface area contributed by atoms with E-state index in [-0.39, 0.29) is 24.1 Å². The second-order valence-corrected chi connectivity index (χ2v) is 6.13. The van der Waals surface area contributed by atoms with E-state index in [2.05, 4.69) is 0 Å². The molecular weight excluding hydrogens is 364 g/mol. The first-order valence-electron chi connectivity index (χ1n) is 8.42. The number of nitrogens with zero attached hydrogens (tertiary/aromatic N) is 2. The molecule has 1 aliphatic heterocycles. The number of amides is 1. The molecule has 3 rings (SSSR count). The van der Waals surface area contributed by atoms with Crippen LogP contribution in [-0.4, -0.2) is 43.6 Å². The van der Waals surface area contributed by atoms with E-state index in [1.54, 1.807) is 23.1 Å². The summed E-state index contributed by atoms with van der Waals surface area (Å²) in [5.74, 6) is -0.645. The molecule has 1 aliphatic rings. The molecule has 2 aromatic rings. The number of benzene rings is 2. The minimum Gasteiger partial charge on any atom is -0.484 e. The van der Waals surface area contributed by atoms with Gasteiger partial charge in [0, 0.05) is 26.2 Å². The van der Waals surface area contributed by atoms with E-state index in [4.69, 9.17) is 4.74 Å². The molecule has 0 saturated carbocycles. The standard InChI is InChI=1S/C19H18F4N2O2/c20-16-6-1-2-7-17(16)24-8-10-25(11-9-24)18(26)13-27-15-5-3-4-14(12-15)19(21,22)23/h1-7,12H,8-11,13H2. The smallest absolute Gasteiger partial charge is 0.416 e. The summed E-state index contributed by atoms with van der Waals surface area (Å²) in [7, 11) is 0. The maximum absolute atomic E-state index is 13.8. The maximum Gasteiger partial charge on any atom is 0.416 e. The number of carbonyl (C=O) groups excluding carboxylic acids is 1. The number of halogens is 4. The Labute approximate surface area is 153 Å². The van der Waals surface area contributed by atoms with E-state index in [9.17, 15) is 22.4 Å². The lowest BCUT2D eigenvalue weighted by atomic mass is 10.2. The molecule has 1 amide bonds. The predicted octanol–water partition coefficient (Wildman–Crippen LogP) is 3.57. The molecule has 0 aliphatic carbocycles. The number of hydrogen-bond donors (Lipinski definition) is 0. The molecule has 0 spiro atoms. The highest BCUT2D eigenvalue weighted by molar-refractivity contribution is 5.78. The summed E-state index contributed by atoms with van der Waals surface area (Å²) in [6.45, 7) is 1.37. The van der Waals surface area contributed by atoms with Gasteiger partial charge in [-0.2, -0.15) is 13.2 Å². The Morgan fingerprint density at radius 2 is 1.70 bits per heavy atom. The SMILES string of the molecule is O=C(COc1cccc(C(F)(F)F)c1)N1CCN(c2ccccc2F)CC1. The summed E-state index contributed by atoms with van der Waals surface area (Å²) < 4.78 is 57.2. The monoisotopic (exact) mass is 382 g/mol. The zero-order valence-electron chi connectivity index (χ0n) is 14.4. The lowest BCUT2D eigenvalue weighted by Gasteiger charge is -2.36. The van der Waals surface area contributed by atoms with E-state index in [0.717, 1.165) is 12.1 Å². The van der Waals surface area contributed by atoms with Crippen molar-refractivity contribution in [2.45, 2.75) is 6.18 Å². The number of anilines is 1. The van der Waals surface area contributed by atoms with Crippen LogP contribution in [0, 0.1) is 5.82 Å². The first-order valence-corrected chi connectivity index (χ1v) is 8.42. The van der Waals surface area contributed by atoms with Crippen LogP contribution in [0.1, 0.15) is 5.56 Å². The molecule has 144 valence electrons. The van der Waals surface area contributed by atoms with Gasteiger partial charge in [-0.05, 0) is 30.3 Å². The summed E-state index contributed by atoms with van der Waals surface area (Å²) in [4.78, 5) is 15.7. The molecule has 27 heavy (non-hydrogen) atoms. The van der Waals surface area contributed by atoms with Gasteiger partial charge in [-0.25, -0.2) is 4.39 Å². The van der Waals surface area contributed by atoms with Gasteiger partial charge in [-0.1, -0.05) is 18.2 Å². The predicted molar refractivity (Wildman–Crippen MR) is 92.1 cm³/mol. The molecular formula is C19H18F4N2O2. The van der Waals surface area contributed by atoms with Crippen molar-refractivity contribution in [3.05, 3.63) is 59.9 Å². The Hall–Kier alpha value is -2.77. The minimum atomic E-state index is -4.47. The normalized spacial score (nSPS) is 15.0. The van der Waals surface area contributed by atoms with Crippen molar-refractivity contribution in [2.24, 2.45) is 0 Å². The van der Waals surface area contributed by atoms with Crippen LogP contribution >= 0.6 is 0 Å². The second kappa shape index (κ2) is 7.85. The van der Waals surface area contributed by atoms with Gasteiger partial charge in [0.05, 0.1) is 11.3 Å². The fraction of sp³-hybridized carbons (Fsp3) is 0.316. The number of piperazine rings is 1. The number of ether oxygens (including phenoxy) is 1. The van der Waals surface area contributed by atoms with Crippen molar-refractivity contribution in [2.75, 3.05) is 37.7 Å².